The van der Waals surface area contributed by atoms with Gasteiger partial charge in [0, 0.05) is 31.4 Å². The lowest BCUT2D eigenvalue weighted by molar-refractivity contribution is -0.134. The molecule has 1 saturated carbocycles. The van der Waals surface area contributed by atoms with Crippen molar-refractivity contribution in [3.05, 3.63) is 59.9 Å². The van der Waals surface area contributed by atoms with Crippen LogP contribution in [0.5, 0.6) is 0 Å². The van der Waals surface area contributed by atoms with Crippen molar-refractivity contribution in [1.82, 2.24) is 9.47 Å². The van der Waals surface area contributed by atoms with E-state index in [1.807, 2.05) is 6.07 Å². The molecule has 1 amide bonds. The minimum absolute atomic E-state index is 0.0638. The first-order valence-electron chi connectivity index (χ1n) is 8.82. The third kappa shape index (κ3) is 2.80. The van der Waals surface area contributed by atoms with Crippen LogP contribution in [-0.2, 0) is 11.3 Å². The first-order chi connectivity index (χ1) is 11.3. The Morgan fingerprint density at radius 2 is 1.78 bits per heavy atom. The smallest absolute Gasteiger partial charge is 0.223 e. The maximum Gasteiger partial charge on any atom is 0.223 e. The number of benzene rings is 1. The lowest BCUT2D eigenvalue weighted by atomic mass is 9.97. The van der Waals surface area contributed by atoms with Gasteiger partial charge in [-0.25, -0.2) is 0 Å². The van der Waals surface area contributed by atoms with Crippen molar-refractivity contribution in [2.24, 2.45) is 5.92 Å². The van der Waals surface area contributed by atoms with Crippen molar-refractivity contribution in [3.8, 4) is 0 Å². The van der Waals surface area contributed by atoms with Gasteiger partial charge in [-0.3, -0.25) is 4.79 Å². The Morgan fingerprint density at radius 1 is 1.00 bits per heavy atom. The van der Waals surface area contributed by atoms with Crippen molar-refractivity contribution >= 4 is 5.91 Å². The van der Waals surface area contributed by atoms with Gasteiger partial charge >= 0.3 is 0 Å². The van der Waals surface area contributed by atoms with Crippen molar-refractivity contribution in [2.45, 2.75) is 44.7 Å². The third-order valence-electron chi connectivity index (χ3n) is 5.41. The molecule has 3 heteroatoms. The molecule has 4 rings (SSSR count). The van der Waals surface area contributed by atoms with E-state index >= 15 is 0 Å². The Bertz CT molecular complexity index is 670. The van der Waals surface area contributed by atoms with Crippen LogP contribution in [0.4, 0.5) is 0 Å². The quantitative estimate of drug-likeness (QED) is 0.841. The first-order valence-corrected chi connectivity index (χ1v) is 8.82. The maximum atomic E-state index is 13.0. The van der Waals surface area contributed by atoms with Crippen molar-refractivity contribution in [2.75, 3.05) is 6.54 Å². The molecule has 2 aliphatic rings. The molecule has 120 valence electrons. The molecule has 2 heterocycles. The molecule has 1 aromatic heterocycles. The Morgan fingerprint density at radius 3 is 2.57 bits per heavy atom. The van der Waals surface area contributed by atoms with Crippen LogP contribution in [-0.4, -0.2) is 21.9 Å². The SMILES string of the molecule is O=C(CC1CCCC1)N1CCn2cccc2C1c1ccccc1. The Kier molecular flexibility index (Phi) is 3.94. The predicted molar refractivity (Wildman–Crippen MR) is 91.0 cm³/mol. The van der Waals surface area contributed by atoms with Crippen LogP contribution in [0.1, 0.15) is 49.4 Å². The highest BCUT2D eigenvalue weighted by molar-refractivity contribution is 5.77. The monoisotopic (exact) mass is 308 g/mol. The van der Waals surface area contributed by atoms with Crippen LogP contribution < -0.4 is 0 Å². The van der Waals surface area contributed by atoms with E-state index in [2.05, 4.69) is 52.1 Å². The normalized spacial score (nSPS) is 21.4. The first kappa shape index (κ1) is 14.6. The van der Waals surface area contributed by atoms with Gasteiger partial charge in [0.05, 0.1) is 6.04 Å². The number of hydrogen-bond donors (Lipinski definition) is 0. The highest BCUT2D eigenvalue weighted by atomic mass is 16.2. The number of aromatic nitrogens is 1. The van der Waals surface area contributed by atoms with Crippen LogP contribution in [0.15, 0.2) is 48.7 Å². The summed E-state index contributed by atoms with van der Waals surface area (Å²) in [6.07, 6.45) is 7.90. The number of fused-ring (bicyclic) bond motifs is 1. The summed E-state index contributed by atoms with van der Waals surface area (Å²) >= 11 is 0. The fourth-order valence-electron chi connectivity index (χ4n) is 4.22. The highest BCUT2D eigenvalue weighted by Crippen LogP contribution is 2.35. The zero-order valence-corrected chi connectivity index (χ0v) is 13.5. The number of amides is 1. The largest absolute Gasteiger partial charge is 0.348 e. The molecule has 2 aromatic rings. The van der Waals surface area contributed by atoms with Gasteiger partial charge in [-0.1, -0.05) is 43.2 Å². The molecule has 0 bridgehead atoms. The van der Waals surface area contributed by atoms with Crippen LogP contribution in [0.3, 0.4) is 0 Å². The second-order valence-corrected chi connectivity index (χ2v) is 6.88. The van der Waals surface area contributed by atoms with Gasteiger partial charge in [0.15, 0.2) is 0 Å². The van der Waals surface area contributed by atoms with Gasteiger partial charge in [0.1, 0.15) is 0 Å². The molecule has 0 N–H and O–H groups in total. The molecule has 1 aliphatic carbocycles. The molecule has 0 radical (unpaired) electrons. The van der Waals surface area contributed by atoms with E-state index in [1.54, 1.807) is 0 Å². The zero-order valence-electron chi connectivity index (χ0n) is 13.5. The summed E-state index contributed by atoms with van der Waals surface area (Å²) in [6, 6.07) is 14.8. The van der Waals surface area contributed by atoms with E-state index in [-0.39, 0.29) is 6.04 Å². The highest BCUT2D eigenvalue weighted by Gasteiger charge is 2.33. The average Bonchev–Trinajstić information content (AvgIpc) is 3.25. The van der Waals surface area contributed by atoms with Gasteiger partial charge < -0.3 is 9.47 Å². The molecular weight excluding hydrogens is 284 g/mol. The molecule has 1 aromatic carbocycles. The molecule has 1 unspecified atom stereocenters. The van der Waals surface area contributed by atoms with E-state index < -0.39 is 0 Å². The minimum Gasteiger partial charge on any atom is -0.348 e. The molecule has 1 aliphatic heterocycles. The Balaban J connectivity index is 1.63. The topological polar surface area (TPSA) is 25.2 Å². The van der Waals surface area contributed by atoms with Gasteiger partial charge in [0.2, 0.25) is 5.91 Å². The van der Waals surface area contributed by atoms with Crippen LogP contribution in [0.25, 0.3) is 0 Å². The maximum absolute atomic E-state index is 13.0. The van der Waals surface area contributed by atoms with E-state index in [0.29, 0.717) is 11.8 Å². The number of carbonyl (C=O) groups is 1. The molecular formula is C20H24N2O. The third-order valence-corrected chi connectivity index (χ3v) is 5.41. The second kappa shape index (κ2) is 6.23. The van der Waals surface area contributed by atoms with Crippen molar-refractivity contribution < 1.29 is 4.79 Å². The van der Waals surface area contributed by atoms with Gasteiger partial charge in [0.25, 0.3) is 0 Å². The van der Waals surface area contributed by atoms with Crippen LogP contribution in [0.2, 0.25) is 0 Å². The molecule has 0 saturated heterocycles. The zero-order chi connectivity index (χ0) is 15.6. The summed E-state index contributed by atoms with van der Waals surface area (Å²) in [5.74, 6) is 0.936. The fourth-order valence-corrected chi connectivity index (χ4v) is 4.22. The number of carbonyl (C=O) groups excluding carboxylic acids is 1. The molecule has 3 nitrogen and oxygen atoms in total. The summed E-state index contributed by atoms with van der Waals surface area (Å²) in [5, 5.41) is 0. The summed E-state index contributed by atoms with van der Waals surface area (Å²) in [7, 11) is 0. The number of hydrogen-bond acceptors (Lipinski definition) is 1. The van der Waals surface area contributed by atoms with E-state index in [4.69, 9.17) is 0 Å². The van der Waals surface area contributed by atoms with E-state index in [0.717, 1.165) is 19.5 Å². The number of nitrogens with zero attached hydrogens (tertiary/aromatic N) is 2. The second-order valence-electron chi connectivity index (χ2n) is 6.88. The van der Waals surface area contributed by atoms with E-state index in [1.165, 1.54) is 36.9 Å². The Hall–Kier alpha value is -2.03. The van der Waals surface area contributed by atoms with E-state index in [9.17, 15) is 4.79 Å². The summed E-state index contributed by atoms with van der Waals surface area (Å²) in [5.41, 5.74) is 2.45. The molecule has 0 spiro atoms. The van der Waals surface area contributed by atoms with Crippen LogP contribution >= 0.6 is 0 Å². The van der Waals surface area contributed by atoms with Crippen LogP contribution in [0, 0.1) is 5.92 Å². The number of rotatable bonds is 3. The molecule has 1 fully saturated rings. The summed E-state index contributed by atoms with van der Waals surface area (Å²) in [4.78, 5) is 15.1. The lowest BCUT2D eigenvalue weighted by Gasteiger charge is -2.38. The van der Waals surface area contributed by atoms with Crippen molar-refractivity contribution in [3.63, 3.8) is 0 Å². The molecule has 23 heavy (non-hydrogen) atoms. The van der Waals surface area contributed by atoms with Gasteiger partial charge in [-0.05, 0) is 36.5 Å². The average molecular weight is 308 g/mol. The van der Waals surface area contributed by atoms with Crippen molar-refractivity contribution in [1.29, 1.82) is 0 Å². The van der Waals surface area contributed by atoms with Gasteiger partial charge in [-0.15, -0.1) is 0 Å². The Labute approximate surface area is 137 Å². The predicted octanol–water partition coefficient (Wildman–Crippen LogP) is 4.00. The van der Waals surface area contributed by atoms with Gasteiger partial charge in [-0.2, -0.15) is 0 Å². The molecule has 1 atom stereocenters. The lowest BCUT2D eigenvalue weighted by Crippen LogP contribution is -2.42. The fraction of sp³-hybridized carbons (Fsp3) is 0.450. The summed E-state index contributed by atoms with van der Waals surface area (Å²) in [6.45, 7) is 1.72. The summed E-state index contributed by atoms with van der Waals surface area (Å²) < 4.78 is 2.29. The minimum atomic E-state index is 0.0638. The standard InChI is InChI=1S/C20H24N2O/c23-19(15-16-7-4-5-8-16)22-14-13-21-12-6-11-18(21)20(22)17-9-2-1-3-10-17/h1-3,6,9-12,16,20H,4-5,7-8,13-15H2.